The molecule has 1 N–H and O–H groups in total. The third-order valence-corrected chi connectivity index (χ3v) is 4.65. The molecule has 0 fully saturated rings. The zero-order valence-electron chi connectivity index (χ0n) is 11.3. The van der Waals surface area contributed by atoms with Gasteiger partial charge in [-0.25, -0.2) is 4.98 Å². The van der Waals surface area contributed by atoms with Crippen LogP contribution in [-0.4, -0.2) is 16.4 Å². The van der Waals surface area contributed by atoms with Crippen molar-refractivity contribution in [1.29, 1.82) is 0 Å². The van der Waals surface area contributed by atoms with E-state index >= 15 is 0 Å². The highest BCUT2D eigenvalue weighted by atomic mass is 35.5. The molecule has 1 amide bonds. The number of thiazole rings is 1. The minimum absolute atomic E-state index is 0.0519. The van der Waals surface area contributed by atoms with E-state index in [1.54, 1.807) is 0 Å². The van der Waals surface area contributed by atoms with Gasteiger partial charge in [0.15, 0.2) is 0 Å². The van der Waals surface area contributed by atoms with E-state index in [9.17, 15) is 4.79 Å². The summed E-state index contributed by atoms with van der Waals surface area (Å²) in [7, 11) is 0. The molecule has 1 aromatic heterocycles. The molecule has 1 aromatic rings. The van der Waals surface area contributed by atoms with Crippen LogP contribution in [-0.2, 0) is 17.1 Å². The van der Waals surface area contributed by atoms with Gasteiger partial charge in [0, 0.05) is 10.9 Å². The number of alkyl halides is 1. The summed E-state index contributed by atoms with van der Waals surface area (Å²) in [5, 5.41) is 5.89. The van der Waals surface area contributed by atoms with Crippen molar-refractivity contribution in [3.05, 3.63) is 16.1 Å². The summed E-state index contributed by atoms with van der Waals surface area (Å²) in [6.07, 6.45) is 3.22. The van der Waals surface area contributed by atoms with Gasteiger partial charge in [-0.05, 0) is 19.3 Å². The zero-order chi connectivity index (χ0) is 13.6. The fourth-order valence-electron chi connectivity index (χ4n) is 1.98. The highest BCUT2D eigenvalue weighted by molar-refractivity contribution is 7.09. The number of rotatable bonds is 7. The Morgan fingerprint density at radius 1 is 1.39 bits per heavy atom. The summed E-state index contributed by atoms with van der Waals surface area (Å²) in [4.78, 5) is 16.3. The maximum Gasteiger partial charge on any atom is 0.227 e. The Kier molecular flexibility index (Phi) is 6.09. The van der Waals surface area contributed by atoms with Crippen molar-refractivity contribution in [3.8, 4) is 0 Å². The van der Waals surface area contributed by atoms with Gasteiger partial charge in [0.25, 0.3) is 0 Å². The van der Waals surface area contributed by atoms with E-state index in [1.165, 1.54) is 11.3 Å². The van der Waals surface area contributed by atoms with Crippen LogP contribution in [0.15, 0.2) is 5.38 Å². The SMILES string of the molecule is CCC(CC)(CC)NC(=O)Cc1nc(CCl)cs1. The van der Waals surface area contributed by atoms with Crippen molar-refractivity contribution in [2.24, 2.45) is 0 Å². The minimum atomic E-state index is -0.0658. The van der Waals surface area contributed by atoms with E-state index in [0.717, 1.165) is 30.0 Å². The second kappa shape index (κ2) is 7.10. The molecule has 0 bridgehead atoms. The van der Waals surface area contributed by atoms with E-state index in [-0.39, 0.29) is 11.4 Å². The van der Waals surface area contributed by atoms with Gasteiger partial charge in [-0.1, -0.05) is 20.8 Å². The number of carbonyl (C=O) groups is 1. The summed E-state index contributed by atoms with van der Waals surface area (Å²) < 4.78 is 0. The predicted octanol–water partition coefficient (Wildman–Crippen LogP) is 3.51. The standard InChI is InChI=1S/C13H21ClN2OS/c1-4-13(5-2,6-3)16-11(17)7-12-15-10(8-14)9-18-12/h9H,4-8H2,1-3H3,(H,16,17). The average Bonchev–Trinajstić information content (AvgIpc) is 2.83. The normalized spacial score (nSPS) is 11.6. The number of nitrogens with zero attached hydrogens (tertiary/aromatic N) is 1. The number of hydrogen-bond donors (Lipinski definition) is 1. The average molecular weight is 289 g/mol. The van der Waals surface area contributed by atoms with E-state index in [2.05, 4.69) is 31.1 Å². The minimum Gasteiger partial charge on any atom is -0.350 e. The van der Waals surface area contributed by atoms with Gasteiger partial charge >= 0.3 is 0 Å². The summed E-state index contributed by atoms with van der Waals surface area (Å²) in [5.74, 6) is 0.456. The number of aromatic nitrogens is 1. The molecule has 0 aliphatic rings. The van der Waals surface area contributed by atoms with Gasteiger partial charge in [-0.2, -0.15) is 0 Å². The quantitative estimate of drug-likeness (QED) is 0.780. The first-order valence-corrected chi connectivity index (χ1v) is 7.80. The van der Waals surface area contributed by atoms with Crippen LogP contribution < -0.4 is 5.32 Å². The molecule has 0 aliphatic heterocycles. The van der Waals surface area contributed by atoms with Crippen molar-refractivity contribution in [2.45, 2.75) is 57.9 Å². The lowest BCUT2D eigenvalue weighted by Crippen LogP contribution is -2.47. The lowest BCUT2D eigenvalue weighted by Gasteiger charge is -2.31. The molecular weight excluding hydrogens is 268 g/mol. The Morgan fingerprint density at radius 2 is 2.00 bits per heavy atom. The first-order valence-electron chi connectivity index (χ1n) is 6.39. The molecule has 3 nitrogen and oxygen atoms in total. The highest BCUT2D eigenvalue weighted by Crippen LogP contribution is 2.20. The van der Waals surface area contributed by atoms with Crippen LogP contribution in [0.5, 0.6) is 0 Å². The summed E-state index contributed by atoms with van der Waals surface area (Å²) in [6, 6.07) is 0. The van der Waals surface area contributed by atoms with Crippen molar-refractivity contribution >= 4 is 28.8 Å². The first kappa shape index (κ1) is 15.4. The molecule has 0 radical (unpaired) electrons. The van der Waals surface area contributed by atoms with Crippen molar-refractivity contribution in [1.82, 2.24) is 10.3 Å². The second-order valence-corrected chi connectivity index (χ2v) is 5.64. The third-order valence-electron chi connectivity index (χ3n) is 3.48. The van der Waals surface area contributed by atoms with E-state index in [4.69, 9.17) is 11.6 Å². The Bertz CT molecular complexity index is 380. The first-order chi connectivity index (χ1) is 8.59. The van der Waals surface area contributed by atoms with Gasteiger partial charge in [-0.3, -0.25) is 4.79 Å². The molecule has 1 rings (SSSR count). The van der Waals surface area contributed by atoms with Gasteiger partial charge in [0.1, 0.15) is 5.01 Å². The fourth-order valence-corrected chi connectivity index (χ4v) is 3.00. The van der Waals surface area contributed by atoms with E-state index in [1.807, 2.05) is 5.38 Å². The lowest BCUT2D eigenvalue weighted by atomic mass is 9.89. The predicted molar refractivity (Wildman–Crippen MR) is 77.1 cm³/mol. The van der Waals surface area contributed by atoms with Crippen molar-refractivity contribution in [2.75, 3.05) is 0 Å². The number of nitrogens with one attached hydrogen (secondary N) is 1. The van der Waals surface area contributed by atoms with Crippen LogP contribution in [0.2, 0.25) is 0 Å². The van der Waals surface area contributed by atoms with Crippen molar-refractivity contribution in [3.63, 3.8) is 0 Å². The molecule has 0 unspecified atom stereocenters. The molecule has 0 saturated carbocycles. The fraction of sp³-hybridized carbons (Fsp3) is 0.692. The number of halogens is 1. The molecule has 0 aliphatic carbocycles. The summed E-state index contributed by atoms with van der Waals surface area (Å²) >= 11 is 7.19. The third kappa shape index (κ3) is 3.95. The summed E-state index contributed by atoms with van der Waals surface area (Å²) in [5.41, 5.74) is 0.779. The Balaban J connectivity index is 2.60. The van der Waals surface area contributed by atoms with Gasteiger partial charge in [-0.15, -0.1) is 22.9 Å². The number of amides is 1. The molecule has 1 heterocycles. The molecule has 0 saturated heterocycles. The van der Waals surface area contributed by atoms with E-state index < -0.39 is 0 Å². The van der Waals surface area contributed by atoms with Crippen LogP contribution in [0.3, 0.4) is 0 Å². The number of carbonyl (C=O) groups excluding carboxylic acids is 1. The van der Waals surface area contributed by atoms with E-state index in [0.29, 0.717) is 12.3 Å². The van der Waals surface area contributed by atoms with Crippen LogP contribution in [0.1, 0.15) is 50.7 Å². The van der Waals surface area contributed by atoms with Crippen LogP contribution in [0.4, 0.5) is 0 Å². The lowest BCUT2D eigenvalue weighted by molar-refractivity contribution is -0.122. The second-order valence-electron chi connectivity index (χ2n) is 4.43. The van der Waals surface area contributed by atoms with Gasteiger partial charge in [0.2, 0.25) is 5.91 Å². The molecule has 18 heavy (non-hydrogen) atoms. The largest absolute Gasteiger partial charge is 0.350 e. The molecule has 0 aromatic carbocycles. The smallest absolute Gasteiger partial charge is 0.227 e. The molecule has 102 valence electrons. The Morgan fingerprint density at radius 3 is 2.44 bits per heavy atom. The maximum atomic E-state index is 12.0. The van der Waals surface area contributed by atoms with Crippen molar-refractivity contribution < 1.29 is 4.79 Å². The molecular formula is C13H21ClN2OS. The highest BCUT2D eigenvalue weighted by Gasteiger charge is 2.25. The topological polar surface area (TPSA) is 42.0 Å². The molecule has 5 heteroatoms. The van der Waals surface area contributed by atoms with Crippen LogP contribution in [0, 0.1) is 0 Å². The van der Waals surface area contributed by atoms with Crippen LogP contribution in [0.25, 0.3) is 0 Å². The Labute approximate surface area is 118 Å². The number of hydrogen-bond acceptors (Lipinski definition) is 3. The van der Waals surface area contributed by atoms with Gasteiger partial charge in [0.05, 0.1) is 18.0 Å². The van der Waals surface area contributed by atoms with Crippen LogP contribution >= 0.6 is 22.9 Å². The molecule has 0 atom stereocenters. The summed E-state index contributed by atoms with van der Waals surface area (Å²) in [6.45, 7) is 6.34. The molecule has 0 spiro atoms. The van der Waals surface area contributed by atoms with Gasteiger partial charge < -0.3 is 5.32 Å². The zero-order valence-corrected chi connectivity index (χ0v) is 12.8. The maximum absolute atomic E-state index is 12.0. The Hall–Kier alpha value is -0.610. The monoisotopic (exact) mass is 288 g/mol.